The lowest BCUT2D eigenvalue weighted by Crippen LogP contribution is -2.51. The fourth-order valence-electron chi connectivity index (χ4n) is 2.31. The minimum atomic E-state index is -3.18. The van der Waals surface area contributed by atoms with Crippen LogP contribution >= 0.6 is 0 Å². The molecule has 8 heteroatoms. The molecule has 1 fully saturated rings. The van der Waals surface area contributed by atoms with E-state index in [0.717, 1.165) is 0 Å². The summed E-state index contributed by atoms with van der Waals surface area (Å²) in [5.41, 5.74) is 0. The van der Waals surface area contributed by atoms with Crippen LogP contribution in [0.15, 0.2) is 0 Å². The third-order valence-corrected chi connectivity index (χ3v) is 5.55. The highest BCUT2D eigenvalue weighted by molar-refractivity contribution is 7.89. The van der Waals surface area contributed by atoms with Gasteiger partial charge in [0.1, 0.15) is 0 Å². The first-order valence-electron chi connectivity index (χ1n) is 7.34. The molecule has 7 nitrogen and oxygen atoms in total. The number of hydrogen-bond acceptors (Lipinski definition) is 4. The first kappa shape index (κ1) is 17.9. The summed E-state index contributed by atoms with van der Waals surface area (Å²) >= 11 is 0. The third kappa shape index (κ3) is 6.01. The molecular formula is C13H24N2O5S. The number of carbonyl (C=O) groups is 2. The predicted octanol–water partition coefficient (Wildman–Crippen LogP) is 0.515. The lowest BCUT2D eigenvalue weighted by molar-refractivity contribution is -0.137. The lowest BCUT2D eigenvalue weighted by Gasteiger charge is -2.34. The molecule has 122 valence electrons. The number of carboxylic acid groups (broad SMARTS) is 1. The minimum absolute atomic E-state index is 0.0204. The molecule has 0 spiro atoms. The van der Waals surface area contributed by atoms with Crippen molar-refractivity contribution >= 4 is 21.9 Å². The number of hydrogen-bond donors (Lipinski definition) is 1. The summed E-state index contributed by atoms with van der Waals surface area (Å²) in [5.74, 6) is -0.721. The van der Waals surface area contributed by atoms with Crippen LogP contribution in [-0.2, 0) is 19.6 Å². The number of carbonyl (C=O) groups excluding carboxylic acids is 1. The van der Waals surface area contributed by atoms with Crippen LogP contribution in [0.3, 0.4) is 0 Å². The van der Waals surface area contributed by atoms with E-state index in [-0.39, 0.29) is 18.1 Å². The van der Waals surface area contributed by atoms with Gasteiger partial charge in [-0.25, -0.2) is 8.42 Å². The summed E-state index contributed by atoms with van der Waals surface area (Å²) in [6.45, 7) is 3.36. The van der Waals surface area contributed by atoms with Crippen LogP contribution in [0.4, 0.5) is 0 Å². The van der Waals surface area contributed by atoms with Crippen molar-refractivity contribution in [1.29, 1.82) is 0 Å². The SMILES string of the molecule is CCCS(=O)(=O)N1CCN(C(=O)CCCCC(=O)O)CC1. The molecular weight excluding hydrogens is 296 g/mol. The first-order valence-corrected chi connectivity index (χ1v) is 8.95. The second-order valence-corrected chi connectivity index (χ2v) is 7.29. The monoisotopic (exact) mass is 320 g/mol. The third-order valence-electron chi connectivity index (χ3n) is 3.48. The molecule has 1 aliphatic heterocycles. The number of unbranched alkanes of at least 4 members (excludes halogenated alkanes) is 1. The molecule has 0 aromatic heterocycles. The molecule has 1 amide bonds. The van der Waals surface area contributed by atoms with Crippen LogP contribution in [-0.4, -0.2) is 66.5 Å². The summed E-state index contributed by atoms with van der Waals surface area (Å²) in [5, 5.41) is 8.52. The largest absolute Gasteiger partial charge is 0.481 e. The predicted molar refractivity (Wildman–Crippen MR) is 78.3 cm³/mol. The number of sulfonamides is 1. The Hall–Kier alpha value is -1.15. The van der Waals surface area contributed by atoms with E-state index < -0.39 is 16.0 Å². The fourth-order valence-corrected chi connectivity index (χ4v) is 3.81. The highest BCUT2D eigenvalue weighted by Crippen LogP contribution is 2.11. The molecule has 0 atom stereocenters. The zero-order valence-corrected chi connectivity index (χ0v) is 13.3. The van der Waals surface area contributed by atoms with Crippen molar-refractivity contribution in [2.24, 2.45) is 0 Å². The highest BCUT2D eigenvalue weighted by Gasteiger charge is 2.27. The van der Waals surface area contributed by atoms with Gasteiger partial charge in [0.25, 0.3) is 0 Å². The molecule has 1 saturated heterocycles. The van der Waals surface area contributed by atoms with E-state index >= 15 is 0 Å². The molecule has 1 heterocycles. The first-order chi connectivity index (χ1) is 9.86. The van der Waals surface area contributed by atoms with Crippen LogP contribution in [0.5, 0.6) is 0 Å². The molecule has 0 bridgehead atoms. The topological polar surface area (TPSA) is 95.0 Å². The Kier molecular flexibility index (Phi) is 7.10. The molecule has 0 saturated carbocycles. The Labute approximate surface area is 126 Å². The van der Waals surface area contributed by atoms with Gasteiger partial charge in [-0.2, -0.15) is 4.31 Å². The Bertz CT molecular complexity index is 455. The van der Waals surface area contributed by atoms with Crippen molar-refractivity contribution in [1.82, 2.24) is 9.21 Å². The zero-order valence-electron chi connectivity index (χ0n) is 12.5. The van der Waals surface area contributed by atoms with Gasteiger partial charge in [0.05, 0.1) is 5.75 Å². The average molecular weight is 320 g/mol. The van der Waals surface area contributed by atoms with Gasteiger partial charge < -0.3 is 10.0 Å². The van der Waals surface area contributed by atoms with Crippen LogP contribution < -0.4 is 0 Å². The number of amides is 1. The molecule has 0 aromatic rings. The highest BCUT2D eigenvalue weighted by atomic mass is 32.2. The standard InChI is InChI=1S/C13H24N2O5S/c1-2-11-21(19,20)15-9-7-14(8-10-15)12(16)5-3-4-6-13(17)18/h2-11H2,1H3,(H,17,18). The number of nitrogens with zero attached hydrogens (tertiary/aromatic N) is 2. The molecule has 1 rings (SSSR count). The molecule has 0 aromatic carbocycles. The van der Waals surface area contributed by atoms with Crippen LogP contribution in [0.25, 0.3) is 0 Å². The van der Waals surface area contributed by atoms with Gasteiger partial charge in [0.15, 0.2) is 0 Å². The van der Waals surface area contributed by atoms with Gasteiger partial charge in [0, 0.05) is 39.0 Å². The van der Waals surface area contributed by atoms with E-state index in [1.54, 1.807) is 4.90 Å². The summed E-state index contributed by atoms with van der Waals surface area (Å²) in [4.78, 5) is 24.0. The van der Waals surface area contributed by atoms with Crippen molar-refractivity contribution in [3.05, 3.63) is 0 Å². The maximum atomic E-state index is 11.9. The second kappa shape index (κ2) is 8.33. The van der Waals surface area contributed by atoms with Crippen molar-refractivity contribution in [3.8, 4) is 0 Å². The molecule has 0 aliphatic carbocycles. The normalized spacial score (nSPS) is 16.9. The van der Waals surface area contributed by atoms with E-state index in [0.29, 0.717) is 51.9 Å². The zero-order chi connectivity index (χ0) is 15.9. The molecule has 1 aliphatic rings. The Morgan fingerprint density at radius 2 is 1.62 bits per heavy atom. The van der Waals surface area contributed by atoms with Gasteiger partial charge in [-0.1, -0.05) is 6.92 Å². The van der Waals surface area contributed by atoms with Crippen molar-refractivity contribution in [2.45, 2.75) is 39.0 Å². The van der Waals surface area contributed by atoms with Crippen LogP contribution in [0.1, 0.15) is 39.0 Å². The van der Waals surface area contributed by atoms with Gasteiger partial charge in [-0.15, -0.1) is 0 Å². The molecule has 21 heavy (non-hydrogen) atoms. The Balaban J connectivity index is 2.32. The maximum Gasteiger partial charge on any atom is 0.303 e. The van der Waals surface area contributed by atoms with Crippen molar-refractivity contribution in [2.75, 3.05) is 31.9 Å². The summed E-state index contributed by atoms with van der Waals surface area (Å²) in [7, 11) is -3.18. The number of rotatable bonds is 8. The van der Waals surface area contributed by atoms with Crippen LogP contribution in [0, 0.1) is 0 Å². The van der Waals surface area contributed by atoms with E-state index in [4.69, 9.17) is 5.11 Å². The summed E-state index contributed by atoms with van der Waals surface area (Å²) in [6, 6.07) is 0. The van der Waals surface area contributed by atoms with E-state index in [2.05, 4.69) is 0 Å². The van der Waals surface area contributed by atoms with Gasteiger partial charge in [-0.3, -0.25) is 9.59 Å². The van der Waals surface area contributed by atoms with E-state index in [1.807, 2.05) is 6.92 Å². The number of carboxylic acids is 1. The summed E-state index contributed by atoms with van der Waals surface area (Å²) < 4.78 is 25.3. The number of piperazine rings is 1. The van der Waals surface area contributed by atoms with Gasteiger partial charge in [0.2, 0.25) is 15.9 Å². The van der Waals surface area contributed by atoms with E-state index in [1.165, 1.54) is 4.31 Å². The second-order valence-electron chi connectivity index (χ2n) is 5.20. The van der Waals surface area contributed by atoms with Crippen LogP contribution in [0.2, 0.25) is 0 Å². The Morgan fingerprint density at radius 1 is 1.05 bits per heavy atom. The molecule has 0 unspecified atom stereocenters. The van der Waals surface area contributed by atoms with Crippen molar-refractivity contribution < 1.29 is 23.1 Å². The van der Waals surface area contributed by atoms with E-state index in [9.17, 15) is 18.0 Å². The fraction of sp³-hybridized carbons (Fsp3) is 0.846. The quantitative estimate of drug-likeness (QED) is 0.658. The Morgan fingerprint density at radius 3 is 2.14 bits per heavy atom. The summed E-state index contributed by atoms with van der Waals surface area (Å²) in [6.07, 6.45) is 2.04. The minimum Gasteiger partial charge on any atom is -0.481 e. The molecule has 0 radical (unpaired) electrons. The number of aliphatic carboxylic acids is 1. The smallest absolute Gasteiger partial charge is 0.303 e. The average Bonchev–Trinajstić information content (AvgIpc) is 2.43. The van der Waals surface area contributed by atoms with Gasteiger partial charge >= 0.3 is 5.97 Å². The van der Waals surface area contributed by atoms with Gasteiger partial charge in [-0.05, 0) is 19.3 Å². The van der Waals surface area contributed by atoms with Crippen molar-refractivity contribution in [3.63, 3.8) is 0 Å². The maximum absolute atomic E-state index is 11.9. The lowest BCUT2D eigenvalue weighted by atomic mass is 10.1. The molecule has 1 N–H and O–H groups in total.